The molecule has 0 fully saturated rings. The van der Waals surface area contributed by atoms with E-state index in [0.29, 0.717) is 0 Å². The van der Waals surface area contributed by atoms with Crippen molar-refractivity contribution in [1.29, 1.82) is 0 Å². The quantitative estimate of drug-likeness (QED) is 0.299. The van der Waals surface area contributed by atoms with Crippen LogP contribution in [0, 0.1) is 0 Å². The standard InChI is InChI=1S/C6H11ClO5/c7-3(1-8)5(11)6(12)4(10)2-9/h1,3-6,9-12H,2H2/t3?,4-,5-,6-/m1/s1. The minimum atomic E-state index is -1.62. The molecule has 1 unspecified atom stereocenters. The molecule has 0 aromatic carbocycles. The summed E-state index contributed by atoms with van der Waals surface area (Å²) in [5, 5.41) is 33.9. The molecule has 0 spiro atoms. The van der Waals surface area contributed by atoms with Gasteiger partial charge in [-0.25, -0.2) is 0 Å². The zero-order valence-electron chi connectivity index (χ0n) is 6.17. The van der Waals surface area contributed by atoms with Gasteiger partial charge in [0.2, 0.25) is 0 Å². The van der Waals surface area contributed by atoms with Crippen LogP contribution in [-0.2, 0) is 4.79 Å². The van der Waals surface area contributed by atoms with E-state index in [1.807, 2.05) is 0 Å². The first-order chi connectivity index (χ1) is 5.54. The minimum absolute atomic E-state index is 0.236. The molecule has 5 nitrogen and oxygen atoms in total. The molecule has 0 aromatic rings. The lowest BCUT2D eigenvalue weighted by Crippen LogP contribution is -2.44. The van der Waals surface area contributed by atoms with Crippen molar-refractivity contribution in [2.24, 2.45) is 0 Å². The van der Waals surface area contributed by atoms with Crippen molar-refractivity contribution in [2.45, 2.75) is 23.7 Å². The van der Waals surface area contributed by atoms with Crippen LogP contribution in [0.3, 0.4) is 0 Å². The molecule has 0 saturated carbocycles. The highest BCUT2D eigenvalue weighted by atomic mass is 35.5. The van der Waals surface area contributed by atoms with Gasteiger partial charge in [0.25, 0.3) is 0 Å². The number of hydrogen-bond donors (Lipinski definition) is 4. The van der Waals surface area contributed by atoms with Crippen molar-refractivity contribution in [3.63, 3.8) is 0 Å². The van der Waals surface area contributed by atoms with Gasteiger partial charge in [0.15, 0.2) is 0 Å². The fourth-order valence-corrected chi connectivity index (χ4v) is 0.754. The van der Waals surface area contributed by atoms with Crippen molar-refractivity contribution >= 4 is 17.9 Å². The van der Waals surface area contributed by atoms with Crippen LogP contribution in [0.1, 0.15) is 0 Å². The van der Waals surface area contributed by atoms with Gasteiger partial charge in [0.05, 0.1) is 6.61 Å². The first-order valence-electron chi connectivity index (χ1n) is 3.29. The Kier molecular flexibility index (Phi) is 5.36. The molecule has 0 bridgehead atoms. The Labute approximate surface area is 74.2 Å². The molecule has 0 aliphatic carbocycles. The van der Waals surface area contributed by atoms with Crippen LogP contribution >= 0.6 is 11.6 Å². The van der Waals surface area contributed by atoms with Crippen molar-refractivity contribution in [2.75, 3.05) is 6.61 Å². The fraction of sp³-hybridized carbons (Fsp3) is 0.833. The third-order valence-electron chi connectivity index (χ3n) is 1.39. The van der Waals surface area contributed by atoms with E-state index in [9.17, 15) is 4.79 Å². The summed E-state index contributed by atoms with van der Waals surface area (Å²) in [5.74, 6) is 0. The topological polar surface area (TPSA) is 98.0 Å². The van der Waals surface area contributed by atoms with Crippen LogP contribution in [-0.4, -0.2) is 57.0 Å². The van der Waals surface area contributed by atoms with Crippen LogP contribution in [0.4, 0.5) is 0 Å². The minimum Gasteiger partial charge on any atom is -0.394 e. The van der Waals surface area contributed by atoms with E-state index >= 15 is 0 Å². The first-order valence-corrected chi connectivity index (χ1v) is 3.72. The van der Waals surface area contributed by atoms with Gasteiger partial charge in [-0.15, -0.1) is 11.6 Å². The van der Waals surface area contributed by atoms with E-state index in [1.54, 1.807) is 0 Å². The lowest BCUT2D eigenvalue weighted by molar-refractivity contribution is -0.114. The number of aliphatic hydroxyl groups excluding tert-OH is 4. The highest BCUT2D eigenvalue weighted by Gasteiger charge is 2.29. The monoisotopic (exact) mass is 198 g/mol. The second-order valence-electron chi connectivity index (χ2n) is 2.31. The number of rotatable bonds is 5. The Morgan fingerprint density at radius 2 is 1.75 bits per heavy atom. The second kappa shape index (κ2) is 5.45. The molecule has 0 heterocycles. The Morgan fingerprint density at radius 1 is 1.25 bits per heavy atom. The average molecular weight is 199 g/mol. The van der Waals surface area contributed by atoms with Crippen LogP contribution in [0.5, 0.6) is 0 Å². The van der Waals surface area contributed by atoms with Crippen LogP contribution in [0.15, 0.2) is 0 Å². The maximum Gasteiger partial charge on any atom is 0.140 e. The van der Waals surface area contributed by atoms with Gasteiger partial charge in [0, 0.05) is 0 Å². The summed E-state index contributed by atoms with van der Waals surface area (Å²) in [7, 11) is 0. The number of aldehydes is 1. The maximum atomic E-state index is 10.0. The van der Waals surface area contributed by atoms with E-state index in [4.69, 9.17) is 32.0 Å². The molecular formula is C6H11ClO5. The normalized spacial score (nSPS) is 21.1. The number of carbonyl (C=O) groups excluding carboxylic acids is 1. The number of hydrogen-bond acceptors (Lipinski definition) is 5. The largest absolute Gasteiger partial charge is 0.394 e. The molecule has 6 heteroatoms. The SMILES string of the molecule is O=CC(Cl)[C@@H](O)[C@H](O)[C@H](O)CO. The molecule has 4 N–H and O–H groups in total. The molecule has 0 saturated heterocycles. The zero-order chi connectivity index (χ0) is 9.72. The molecule has 0 aromatic heterocycles. The number of halogens is 1. The van der Waals surface area contributed by atoms with E-state index in [0.717, 1.165) is 0 Å². The second-order valence-corrected chi connectivity index (χ2v) is 2.82. The van der Waals surface area contributed by atoms with Gasteiger partial charge >= 0.3 is 0 Å². The van der Waals surface area contributed by atoms with E-state index in [2.05, 4.69) is 0 Å². The van der Waals surface area contributed by atoms with Crippen molar-refractivity contribution in [3.8, 4) is 0 Å². The van der Waals surface area contributed by atoms with Gasteiger partial charge in [-0.1, -0.05) is 0 Å². The van der Waals surface area contributed by atoms with Gasteiger partial charge < -0.3 is 25.2 Å². The van der Waals surface area contributed by atoms with E-state index < -0.39 is 30.3 Å². The summed E-state index contributed by atoms with van der Waals surface area (Å²) in [6.45, 7) is -0.708. The summed E-state index contributed by atoms with van der Waals surface area (Å²) < 4.78 is 0. The summed E-state index contributed by atoms with van der Waals surface area (Å²) in [4.78, 5) is 10.0. The molecule has 0 amide bonds. The van der Waals surface area contributed by atoms with Crippen molar-refractivity contribution in [3.05, 3.63) is 0 Å². The van der Waals surface area contributed by atoms with Crippen LogP contribution in [0.2, 0.25) is 0 Å². The van der Waals surface area contributed by atoms with Crippen molar-refractivity contribution in [1.82, 2.24) is 0 Å². The molecule has 72 valence electrons. The average Bonchev–Trinajstić information content (AvgIpc) is 2.12. The van der Waals surface area contributed by atoms with Gasteiger partial charge in [-0.3, -0.25) is 0 Å². The maximum absolute atomic E-state index is 10.0. The first kappa shape index (κ1) is 11.8. The summed E-state index contributed by atoms with van der Waals surface area (Å²) in [6.07, 6.45) is -4.46. The molecule has 12 heavy (non-hydrogen) atoms. The summed E-state index contributed by atoms with van der Waals surface area (Å²) in [6, 6.07) is 0. The smallest absolute Gasteiger partial charge is 0.140 e. The number of alkyl halides is 1. The lowest BCUT2D eigenvalue weighted by Gasteiger charge is -2.22. The molecule has 4 atom stereocenters. The van der Waals surface area contributed by atoms with Gasteiger partial charge in [0.1, 0.15) is 30.0 Å². The Hall–Kier alpha value is -0.200. The molecule has 0 aliphatic rings. The highest BCUT2D eigenvalue weighted by Crippen LogP contribution is 2.07. The molecule has 0 rings (SSSR count). The Balaban J connectivity index is 4.07. The molecule has 0 radical (unpaired) electrons. The van der Waals surface area contributed by atoms with Crippen LogP contribution in [0.25, 0.3) is 0 Å². The summed E-state index contributed by atoms with van der Waals surface area (Å²) >= 11 is 5.24. The molecule has 0 aliphatic heterocycles. The predicted molar refractivity (Wildman–Crippen MR) is 40.8 cm³/mol. The summed E-state index contributed by atoms with van der Waals surface area (Å²) in [5.41, 5.74) is 0. The van der Waals surface area contributed by atoms with E-state index in [-0.39, 0.29) is 6.29 Å². The van der Waals surface area contributed by atoms with Crippen molar-refractivity contribution < 1.29 is 25.2 Å². The lowest BCUT2D eigenvalue weighted by atomic mass is 10.1. The number of aliphatic hydroxyl groups is 4. The van der Waals surface area contributed by atoms with Gasteiger partial charge in [-0.05, 0) is 0 Å². The van der Waals surface area contributed by atoms with E-state index in [1.165, 1.54) is 0 Å². The van der Waals surface area contributed by atoms with Crippen LogP contribution < -0.4 is 0 Å². The third kappa shape index (κ3) is 3.04. The number of carbonyl (C=O) groups is 1. The van der Waals surface area contributed by atoms with Gasteiger partial charge in [-0.2, -0.15) is 0 Å². The fourth-order valence-electron chi connectivity index (χ4n) is 0.604. The Morgan fingerprint density at radius 3 is 2.08 bits per heavy atom. The predicted octanol–water partition coefficient (Wildman–Crippen LogP) is -2.13. The highest BCUT2D eigenvalue weighted by molar-refractivity contribution is 6.28. The Bertz CT molecular complexity index is 142. The third-order valence-corrected chi connectivity index (χ3v) is 1.75. The molecular weight excluding hydrogens is 188 g/mol. The zero-order valence-corrected chi connectivity index (χ0v) is 6.92.